The van der Waals surface area contributed by atoms with Crippen molar-refractivity contribution in [3.05, 3.63) is 36.2 Å². The highest BCUT2D eigenvalue weighted by Crippen LogP contribution is 2.41. The van der Waals surface area contributed by atoms with Crippen LogP contribution >= 0.6 is 0 Å². The number of piperidine rings is 1. The number of hydrogen-bond acceptors (Lipinski definition) is 6. The first-order valence-corrected chi connectivity index (χ1v) is 9.37. The zero-order valence-corrected chi connectivity index (χ0v) is 14.8. The summed E-state index contributed by atoms with van der Waals surface area (Å²) in [6, 6.07) is 5.30. The molecule has 25 heavy (non-hydrogen) atoms. The molecule has 1 saturated carbocycles. The molecule has 6 nitrogen and oxygen atoms in total. The number of fused-ring (bicyclic) bond motifs is 2. The van der Waals surface area contributed by atoms with Gasteiger partial charge in [0, 0.05) is 42.9 Å². The molecule has 0 N–H and O–H groups in total. The highest BCUT2D eigenvalue weighted by Gasteiger charge is 2.45. The molecule has 4 fully saturated rings. The summed E-state index contributed by atoms with van der Waals surface area (Å²) in [7, 11) is 0. The lowest BCUT2D eigenvalue weighted by molar-refractivity contribution is 0.287. The third-order valence-corrected chi connectivity index (χ3v) is 5.63. The minimum absolute atomic E-state index is 0.361. The molecule has 1 aliphatic carbocycles. The molecular formula is C19H24N6. The summed E-state index contributed by atoms with van der Waals surface area (Å²) >= 11 is 0. The first-order valence-electron chi connectivity index (χ1n) is 9.37. The summed E-state index contributed by atoms with van der Waals surface area (Å²) in [4.78, 5) is 23.1. The van der Waals surface area contributed by atoms with Crippen LogP contribution in [0.25, 0.3) is 0 Å². The van der Waals surface area contributed by atoms with Crippen LogP contribution in [0.1, 0.15) is 56.5 Å². The van der Waals surface area contributed by atoms with Gasteiger partial charge in [0.1, 0.15) is 23.8 Å². The molecule has 130 valence electrons. The maximum absolute atomic E-state index is 4.79. The second-order valence-electron chi connectivity index (χ2n) is 7.86. The van der Waals surface area contributed by atoms with Crippen LogP contribution in [-0.2, 0) is 0 Å². The topological polar surface area (TPSA) is 58.0 Å². The number of piperazine rings is 1. The monoisotopic (exact) mass is 336 g/mol. The van der Waals surface area contributed by atoms with Crippen LogP contribution in [0.4, 0.5) is 11.6 Å². The van der Waals surface area contributed by atoms with Gasteiger partial charge in [0.05, 0.1) is 12.1 Å². The molecule has 4 aliphatic rings. The van der Waals surface area contributed by atoms with E-state index >= 15 is 0 Å². The molecule has 2 unspecified atom stereocenters. The Morgan fingerprint density at radius 2 is 1.84 bits per heavy atom. The van der Waals surface area contributed by atoms with Gasteiger partial charge < -0.3 is 9.80 Å². The number of anilines is 2. The fourth-order valence-corrected chi connectivity index (χ4v) is 4.09. The zero-order valence-electron chi connectivity index (χ0n) is 14.8. The van der Waals surface area contributed by atoms with Gasteiger partial charge in [0.15, 0.2) is 0 Å². The molecule has 6 rings (SSSR count). The molecule has 0 amide bonds. The van der Waals surface area contributed by atoms with E-state index in [1.807, 2.05) is 6.20 Å². The zero-order chi connectivity index (χ0) is 17.0. The van der Waals surface area contributed by atoms with E-state index < -0.39 is 0 Å². The van der Waals surface area contributed by atoms with E-state index in [1.54, 1.807) is 6.33 Å². The normalized spacial score (nSPS) is 25.2. The van der Waals surface area contributed by atoms with Crippen LogP contribution < -0.4 is 9.80 Å². The molecule has 0 radical (unpaired) electrons. The van der Waals surface area contributed by atoms with Crippen LogP contribution in [0.15, 0.2) is 24.7 Å². The largest absolute Gasteiger partial charge is 0.352 e. The van der Waals surface area contributed by atoms with Gasteiger partial charge in [-0.15, -0.1) is 0 Å². The lowest BCUT2D eigenvalue weighted by atomic mass is 9.87. The van der Waals surface area contributed by atoms with Crippen molar-refractivity contribution >= 4 is 11.6 Å². The van der Waals surface area contributed by atoms with Crippen LogP contribution in [-0.4, -0.2) is 45.1 Å². The summed E-state index contributed by atoms with van der Waals surface area (Å²) in [6.07, 6.45) is 7.44. The molecule has 3 aliphatic heterocycles. The Morgan fingerprint density at radius 3 is 2.56 bits per heavy atom. The molecule has 2 aromatic heterocycles. The van der Waals surface area contributed by atoms with Gasteiger partial charge in [-0.3, -0.25) is 0 Å². The predicted octanol–water partition coefficient (Wildman–Crippen LogP) is 2.73. The quantitative estimate of drug-likeness (QED) is 0.856. The maximum Gasteiger partial charge on any atom is 0.133 e. The second kappa shape index (κ2) is 5.64. The van der Waals surface area contributed by atoms with E-state index in [9.17, 15) is 0 Å². The minimum atomic E-state index is 0.361. The Balaban J connectivity index is 1.34. The highest BCUT2D eigenvalue weighted by atomic mass is 15.4. The third kappa shape index (κ3) is 2.64. The summed E-state index contributed by atoms with van der Waals surface area (Å²) in [5, 5.41) is 0. The van der Waals surface area contributed by atoms with Crippen molar-refractivity contribution in [2.75, 3.05) is 22.9 Å². The van der Waals surface area contributed by atoms with Gasteiger partial charge in [-0.25, -0.2) is 19.9 Å². The molecule has 2 atom stereocenters. The molecule has 3 saturated heterocycles. The Morgan fingerprint density at radius 1 is 1.04 bits per heavy atom. The standard InChI is InChI=1S/C19H24N6/c1-12(2)19-20-6-5-17(23-19)25-14-7-15(25)10-24(9-14)18-8-16(13-3-4-13)21-11-22-18/h5-6,8,11-15H,3-4,7,9-10H2,1-2H3. The minimum Gasteiger partial charge on any atom is -0.352 e. The van der Waals surface area contributed by atoms with E-state index in [-0.39, 0.29) is 0 Å². The fraction of sp³-hybridized carbons (Fsp3) is 0.579. The molecule has 0 aromatic carbocycles. The van der Waals surface area contributed by atoms with Gasteiger partial charge in [-0.05, 0) is 25.3 Å². The van der Waals surface area contributed by atoms with Crippen molar-refractivity contribution in [1.29, 1.82) is 0 Å². The first-order chi connectivity index (χ1) is 12.2. The molecule has 2 bridgehead atoms. The summed E-state index contributed by atoms with van der Waals surface area (Å²) in [5.74, 6) is 4.15. The summed E-state index contributed by atoms with van der Waals surface area (Å²) in [6.45, 7) is 6.31. The second-order valence-corrected chi connectivity index (χ2v) is 7.86. The Kier molecular flexibility index (Phi) is 3.40. The van der Waals surface area contributed by atoms with Crippen molar-refractivity contribution in [3.8, 4) is 0 Å². The van der Waals surface area contributed by atoms with Gasteiger partial charge in [-0.2, -0.15) is 0 Å². The van der Waals surface area contributed by atoms with Gasteiger partial charge in [-0.1, -0.05) is 13.8 Å². The van der Waals surface area contributed by atoms with E-state index in [2.05, 4.69) is 50.7 Å². The summed E-state index contributed by atoms with van der Waals surface area (Å²) < 4.78 is 0. The van der Waals surface area contributed by atoms with E-state index in [0.29, 0.717) is 23.9 Å². The van der Waals surface area contributed by atoms with Gasteiger partial charge in [0.2, 0.25) is 0 Å². The number of hydrogen-bond donors (Lipinski definition) is 0. The molecule has 5 heterocycles. The van der Waals surface area contributed by atoms with Crippen molar-refractivity contribution in [3.63, 3.8) is 0 Å². The molecule has 0 spiro atoms. The first kappa shape index (κ1) is 15.0. The van der Waals surface area contributed by atoms with Crippen LogP contribution in [0, 0.1) is 0 Å². The van der Waals surface area contributed by atoms with Crippen molar-refractivity contribution < 1.29 is 0 Å². The molecule has 6 heteroatoms. The van der Waals surface area contributed by atoms with Crippen molar-refractivity contribution in [2.24, 2.45) is 0 Å². The third-order valence-electron chi connectivity index (χ3n) is 5.63. The molecule has 2 aromatic rings. The van der Waals surface area contributed by atoms with Gasteiger partial charge in [0.25, 0.3) is 0 Å². The molecular weight excluding hydrogens is 312 g/mol. The average Bonchev–Trinajstić information content (AvgIpc) is 3.47. The van der Waals surface area contributed by atoms with E-state index in [4.69, 9.17) is 4.98 Å². The Hall–Kier alpha value is -2.24. The van der Waals surface area contributed by atoms with Crippen molar-refractivity contribution in [1.82, 2.24) is 19.9 Å². The van der Waals surface area contributed by atoms with Crippen molar-refractivity contribution in [2.45, 2.75) is 57.0 Å². The number of aromatic nitrogens is 4. The van der Waals surface area contributed by atoms with Crippen LogP contribution in [0.3, 0.4) is 0 Å². The smallest absolute Gasteiger partial charge is 0.133 e. The Bertz CT molecular complexity index is 775. The number of nitrogens with zero attached hydrogens (tertiary/aromatic N) is 6. The highest BCUT2D eigenvalue weighted by molar-refractivity contribution is 5.52. The van der Waals surface area contributed by atoms with E-state index in [1.165, 1.54) is 25.0 Å². The SMILES string of the molecule is CC(C)c1nccc(N2C3CC2CN(c2cc(C4CC4)ncn2)C3)n1. The fourth-order valence-electron chi connectivity index (χ4n) is 4.09. The lowest BCUT2D eigenvalue weighted by Crippen LogP contribution is -2.69. The lowest BCUT2D eigenvalue weighted by Gasteiger charge is -2.57. The number of rotatable bonds is 4. The summed E-state index contributed by atoms with van der Waals surface area (Å²) in [5.41, 5.74) is 1.22. The average molecular weight is 336 g/mol. The van der Waals surface area contributed by atoms with E-state index in [0.717, 1.165) is 30.5 Å². The predicted molar refractivity (Wildman–Crippen MR) is 97.0 cm³/mol. The maximum atomic E-state index is 4.79. The van der Waals surface area contributed by atoms with Crippen LogP contribution in [0.5, 0.6) is 0 Å². The Labute approximate surface area is 148 Å². The van der Waals surface area contributed by atoms with Crippen LogP contribution in [0.2, 0.25) is 0 Å². The van der Waals surface area contributed by atoms with Gasteiger partial charge >= 0.3 is 0 Å².